The van der Waals surface area contributed by atoms with E-state index in [4.69, 9.17) is 4.74 Å². The number of anilines is 1. The molecule has 0 saturated carbocycles. The van der Waals surface area contributed by atoms with Crippen molar-refractivity contribution < 1.29 is 19.2 Å². The number of hydrogen-bond donors (Lipinski definition) is 1. The molecule has 6 heteroatoms. The second-order valence-electron chi connectivity index (χ2n) is 6.22. The van der Waals surface area contributed by atoms with Gasteiger partial charge in [0.2, 0.25) is 5.91 Å². The Kier molecular flexibility index (Phi) is 4.52. The molecular weight excluding hydrogens is 294 g/mol. The highest BCUT2D eigenvalue weighted by molar-refractivity contribution is 6.02. The molecule has 2 aliphatic rings. The number of ether oxygens (including phenoxy) is 1. The van der Waals surface area contributed by atoms with Crippen molar-refractivity contribution in [2.75, 3.05) is 50.8 Å². The van der Waals surface area contributed by atoms with Crippen molar-refractivity contribution in [3.8, 4) is 5.75 Å². The molecule has 124 valence electrons. The number of benzene rings is 1. The molecule has 0 aromatic heterocycles. The van der Waals surface area contributed by atoms with E-state index in [1.54, 1.807) is 4.90 Å². The molecule has 0 bridgehead atoms. The zero-order chi connectivity index (χ0) is 16.4. The first-order valence-corrected chi connectivity index (χ1v) is 8.23. The molecule has 1 N–H and O–H groups in total. The van der Waals surface area contributed by atoms with E-state index < -0.39 is 0 Å². The van der Waals surface area contributed by atoms with Crippen molar-refractivity contribution >= 4 is 17.5 Å². The number of rotatable bonds is 3. The molecular formula is C17H24N3O3+. The molecule has 2 aliphatic heterocycles. The van der Waals surface area contributed by atoms with Crippen molar-refractivity contribution in [2.24, 2.45) is 0 Å². The van der Waals surface area contributed by atoms with Crippen LogP contribution in [0.4, 0.5) is 5.69 Å². The van der Waals surface area contributed by atoms with Crippen LogP contribution in [0.3, 0.4) is 0 Å². The first kappa shape index (κ1) is 15.8. The fraction of sp³-hybridized carbons (Fsp3) is 0.529. The van der Waals surface area contributed by atoms with Crippen molar-refractivity contribution in [1.29, 1.82) is 0 Å². The van der Waals surface area contributed by atoms with Gasteiger partial charge < -0.3 is 14.5 Å². The lowest BCUT2D eigenvalue weighted by Gasteiger charge is -2.34. The van der Waals surface area contributed by atoms with E-state index in [1.807, 2.05) is 30.0 Å². The minimum atomic E-state index is -0.158. The van der Waals surface area contributed by atoms with Gasteiger partial charge in [0.05, 0.1) is 38.4 Å². The molecule has 1 aromatic carbocycles. The third kappa shape index (κ3) is 3.32. The average Bonchev–Trinajstić information content (AvgIpc) is 2.57. The molecule has 0 atom stereocenters. The highest BCUT2D eigenvalue weighted by Gasteiger charge is 2.30. The van der Waals surface area contributed by atoms with Gasteiger partial charge in [-0.15, -0.1) is 0 Å². The maximum absolute atomic E-state index is 12.6. The van der Waals surface area contributed by atoms with Gasteiger partial charge in [-0.25, -0.2) is 0 Å². The van der Waals surface area contributed by atoms with Crippen LogP contribution in [0.2, 0.25) is 0 Å². The number of piperazine rings is 1. The predicted molar refractivity (Wildman–Crippen MR) is 86.8 cm³/mol. The standard InChI is InChI=1S/C17H23N3O3/c1-3-18-6-8-19(9-7-18)16(21)11-20-14-10-13(2)4-5-15(14)23-12-17(20)22/h4-5,10H,3,6-9,11-12H2,1-2H3/p+1. The average molecular weight is 318 g/mol. The van der Waals surface area contributed by atoms with E-state index in [2.05, 4.69) is 6.92 Å². The third-order valence-corrected chi connectivity index (χ3v) is 4.67. The van der Waals surface area contributed by atoms with Crippen LogP contribution in [0.15, 0.2) is 18.2 Å². The topological polar surface area (TPSA) is 54.3 Å². The summed E-state index contributed by atoms with van der Waals surface area (Å²) >= 11 is 0. The first-order valence-electron chi connectivity index (χ1n) is 8.23. The van der Waals surface area contributed by atoms with Crippen molar-refractivity contribution in [1.82, 2.24) is 4.90 Å². The number of likely N-dealkylation sites (N-methyl/N-ethyl adjacent to an activating group) is 1. The van der Waals surface area contributed by atoms with Crippen molar-refractivity contribution in [3.05, 3.63) is 23.8 Å². The zero-order valence-corrected chi connectivity index (χ0v) is 13.8. The number of nitrogens with one attached hydrogen (secondary N) is 1. The van der Waals surface area contributed by atoms with E-state index in [0.717, 1.165) is 38.3 Å². The molecule has 1 aromatic rings. The molecule has 3 rings (SSSR count). The van der Waals surface area contributed by atoms with Gasteiger partial charge >= 0.3 is 0 Å². The lowest BCUT2D eigenvalue weighted by Crippen LogP contribution is -3.14. The highest BCUT2D eigenvalue weighted by atomic mass is 16.5. The van der Waals surface area contributed by atoms with Crippen molar-refractivity contribution in [2.45, 2.75) is 13.8 Å². The Morgan fingerprint density at radius 3 is 2.74 bits per heavy atom. The van der Waals surface area contributed by atoms with Gasteiger partial charge in [-0.1, -0.05) is 6.07 Å². The number of amides is 2. The van der Waals surface area contributed by atoms with Gasteiger partial charge in [-0.2, -0.15) is 0 Å². The third-order valence-electron chi connectivity index (χ3n) is 4.67. The van der Waals surface area contributed by atoms with Crippen LogP contribution < -0.4 is 14.5 Å². The minimum Gasteiger partial charge on any atom is -0.482 e. The fourth-order valence-electron chi connectivity index (χ4n) is 3.15. The molecule has 0 radical (unpaired) electrons. The van der Waals surface area contributed by atoms with Crippen LogP contribution in [0, 0.1) is 6.92 Å². The summed E-state index contributed by atoms with van der Waals surface area (Å²) in [6, 6.07) is 5.71. The number of nitrogens with zero attached hydrogens (tertiary/aromatic N) is 2. The molecule has 23 heavy (non-hydrogen) atoms. The zero-order valence-electron chi connectivity index (χ0n) is 13.8. The van der Waals surface area contributed by atoms with Crippen LogP contribution in [0.5, 0.6) is 5.75 Å². The number of quaternary nitrogens is 1. The Morgan fingerprint density at radius 2 is 2.04 bits per heavy atom. The van der Waals surface area contributed by atoms with Gasteiger partial charge in [0.25, 0.3) is 5.91 Å². The fourth-order valence-corrected chi connectivity index (χ4v) is 3.15. The molecule has 2 amide bonds. The Balaban J connectivity index is 1.71. The summed E-state index contributed by atoms with van der Waals surface area (Å²) in [6.07, 6.45) is 0. The SMILES string of the molecule is CC[NH+]1CCN(C(=O)CN2C(=O)COc3ccc(C)cc32)CC1. The predicted octanol–water partition coefficient (Wildman–Crippen LogP) is -0.533. The highest BCUT2D eigenvalue weighted by Crippen LogP contribution is 2.32. The lowest BCUT2D eigenvalue weighted by atomic mass is 10.1. The number of fused-ring (bicyclic) bond motifs is 1. The maximum atomic E-state index is 12.6. The van der Waals surface area contributed by atoms with Crippen LogP contribution in [0.1, 0.15) is 12.5 Å². The molecule has 0 aliphatic carbocycles. The van der Waals surface area contributed by atoms with E-state index in [-0.39, 0.29) is 25.0 Å². The molecule has 2 heterocycles. The van der Waals surface area contributed by atoms with Gasteiger partial charge in [-0.3, -0.25) is 14.5 Å². The van der Waals surface area contributed by atoms with Crippen LogP contribution in [-0.4, -0.2) is 62.6 Å². The molecule has 6 nitrogen and oxygen atoms in total. The summed E-state index contributed by atoms with van der Waals surface area (Å²) in [4.78, 5) is 29.8. The lowest BCUT2D eigenvalue weighted by molar-refractivity contribution is -0.902. The molecule has 1 saturated heterocycles. The van der Waals surface area contributed by atoms with Crippen molar-refractivity contribution in [3.63, 3.8) is 0 Å². The monoisotopic (exact) mass is 318 g/mol. The maximum Gasteiger partial charge on any atom is 0.265 e. The van der Waals surface area contributed by atoms with Crippen LogP contribution in [-0.2, 0) is 9.59 Å². The first-order chi connectivity index (χ1) is 11.1. The minimum absolute atomic E-state index is 0.00288. The molecule has 1 fully saturated rings. The van der Waals surface area contributed by atoms with Crippen LogP contribution in [0.25, 0.3) is 0 Å². The summed E-state index contributed by atoms with van der Waals surface area (Å²) in [5, 5.41) is 0. The second kappa shape index (κ2) is 6.58. The summed E-state index contributed by atoms with van der Waals surface area (Å²) in [6.45, 7) is 8.81. The van der Waals surface area contributed by atoms with Gasteiger partial charge in [0, 0.05) is 0 Å². The van der Waals surface area contributed by atoms with E-state index in [0.29, 0.717) is 11.4 Å². The summed E-state index contributed by atoms with van der Waals surface area (Å²) in [7, 11) is 0. The Labute approximate surface area is 136 Å². The summed E-state index contributed by atoms with van der Waals surface area (Å²) in [5.41, 5.74) is 1.74. The van der Waals surface area contributed by atoms with E-state index in [1.165, 1.54) is 4.90 Å². The Hall–Kier alpha value is -2.08. The number of hydrogen-bond acceptors (Lipinski definition) is 3. The Bertz CT molecular complexity index is 609. The normalized spacial score (nSPS) is 18.6. The van der Waals surface area contributed by atoms with Gasteiger partial charge in [0.1, 0.15) is 12.3 Å². The summed E-state index contributed by atoms with van der Waals surface area (Å²) in [5.74, 6) is 0.528. The second-order valence-corrected chi connectivity index (χ2v) is 6.22. The summed E-state index contributed by atoms with van der Waals surface area (Å²) < 4.78 is 5.46. The van der Waals surface area contributed by atoms with Crippen LogP contribution >= 0.6 is 0 Å². The Morgan fingerprint density at radius 1 is 1.30 bits per heavy atom. The molecule has 0 spiro atoms. The number of carbonyl (C=O) groups is 2. The largest absolute Gasteiger partial charge is 0.482 e. The van der Waals surface area contributed by atoms with E-state index >= 15 is 0 Å². The number of aryl methyl sites for hydroxylation is 1. The quantitative estimate of drug-likeness (QED) is 0.815. The smallest absolute Gasteiger partial charge is 0.265 e. The van der Waals surface area contributed by atoms with Gasteiger partial charge in [-0.05, 0) is 31.5 Å². The molecule has 0 unspecified atom stereocenters. The van der Waals surface area contributed by atoms with E-state index in [9.17, 15) is 9.59 Å². The number of carbonyl (C=O) groups excluding carboxylic acids is 2. The van der Waals surface area contributed by atoms with Gasteiger partial charge in [0.15, 0.2) is 6.61 Å².